The smallest absolute Gasteiger partial charge is 0.252 e. The number of hydrogen-bond donors (Lipinski definition) is 0. The molecule has 0 N–H and O–H groups in total. The summed E-state index contributed by atoms with van der Waals surface area (Å²) in [6.45, 7) is 33.7. The minimum absolute atomic E-state index is 0.0160. The Labute approximate surface area is 407 Å². The third-order valence-corrected chi connectivity index (χ3v) is 18.8. The first-order valence-corrected chi connectivity index (χ1v) is 25.5. The van der Waals surface area contributed by atoms with E-state index >= 15 is 0 Å². The Kier molecular flexibility index (Phi) is 7.86. The summed E-state index contributed by atoms with van der Waals surface area (Å²) in [4.78, 5) is 5.02. The van der Waals surface area contributed by atoms with Crippen molar-refractivity contribution in [3.05, 3.63) is 147 Å². The highest BCUT2D eigenvalue weighted by molar-refractivity contribution is 7.00. The van der Waals surface area contributed by atoms with Crippen LogP contribution in [0.25, 0.3) is 11.1 Å². The van der Waals surface area contributed by atoms with E-state index in [0.717, 1.165) is 60.5 Å². The van der Waals surface area contributed by atoms with Gasteiger partial charge in [-0.25, -0.2) is 0 Å². The van der Waals surface area contributed by atoms with E-state index in [1.165, 1.54) is 83.3 Å². The van der Waals surface area contributed by atoms with Gasteiger partial charge in [-0.3, -0.25) is 0 Å². The number of nitrogens with zero attached hydrogens (tertiary/aromatic N) is 2. The summed E-state index contributed by atoms with van der Waals surface area (Å²) in [5.74, 6) is 0. The van der Waals surface area contributed by atoms with E-state index in [2.05, 4.69) is 205 Å². The number of rotatable bonds is 2. The van der Waals surface area contributed by atoms with E-state index in [0.29, 0.717) is 5.56 Å². The first-order valence-electron chi connectivity index (χ1n) is 27.0. The van der Waals surface area contributed by atoms with Crippen LogP contribution < -0.4 is 26.2 Å². The van der Waals surface area contributed by atoms with Crippen LogP contribution in [0, 0.1) is 13.8 Å². The molecule has 12 rings (SSSR count). The molecule has 4 aliphatic carbocycles. The number of aryl methyl sites for hydroxylation is 2. The largest absolute Gasteiger partial charge is 0.311 e. The molecule has 6 aromatic rings. The summed E-state index contributed by atoms with van der Waals surface area (Å²) >= 11 is 0. The van der Waals surface area contributed by atoms with Crippen LogP contribution in [0.15, 0.2) is 91.0 Å². The fourth-order valence-corrected chi connectivity index (χ4v) is 14.9. The lowest BCUT2D eigenvalue weighted by atomic mass is 9.32. The standard InChI is InChI=1S/C64H73BN2/c1-37-27-55-57-56(28-37)67(52-33-49-44(29-38(52)2)62(11,12)36-63(49,13)14)54-35-48-46(59(5,6)24-26-61(48,9)10)32-51(54)65(57)50-31-45-47(60(7,8)25-23-58(45,3)4)34-53(50)66(55)39-21-22-43-41(30-39)40-19-17-18-20-42(40)64(43,15)16/h17-22,27-35H,23-26,36H2,1-16H3/i1D3. The van der Waals surface area contributed by atoms with Gasteiger partial charge in [-0.05, 0) is 204 Å². The molecule has 6 aromatic carbocycles. The summed E-state index contributed by atoms with van der Waals surface area (Å²) < 4.78 is 27.8. The summed E-state index contributed by atoms with van der Waals surface area (Å²) in [6.07, 6.45) is 5.53. The van der Waals surface area contributed by atoms with Gasteiger partial charge < -0.3 is 9.80 Å². The van der Waals surface area contributed by atoms with Crippen LogP contribution in [0.4, 0.5) is 34.1 Å². The van der Waals surface area contributed by atoms with E-state index in [4.69, 9.17) is 0 Å². The van der Waals surface area contributed by atoms with Crippen molar-refractivity contribution in [1.82, 2.24) is 0 Å². The van der Waals surface area contributed by atoms with Crippen LogP contribution in [-0.2, 0) is 37.9 Å². The Bertz CT molecular complexity index is 3300. The second-order valence-electron chi connectivity index (χ2n) is 26.5. The number of benzene rings is 6. The molecule has 342 valence electrons. The molecule has 0 unspecified atom stereocenters. The highest BCUT2D eigenvalue weighted by Gasteiger charge is 2.50. The molecule has 6 aliphatic rings. The van der Waals surface area contributed by atoms with Gasteiger partial charge in [0.1, 0.15) is 0 Å². The number of anilines is 6. The van der Waals surface area contributed by atoms with Gasteiger partial charge in [-0.1, -0.05) is 145 Å². The van der Waals surface area contributed by atoms with Crippen LogP contribution in [0.1, 0.15) is 189 Å². The van der Waals surface area contributed by atoms with Gasteiger partial charge in [0.25, 0.3) is 6.71 Å². The average Bonchev–Trinajstić information content (AvgIpc) is 3.61. The molecule has 2 nitrogen and oxygen atoms in total. The third kappa shape index (κ3) is 5.82. The summed E-state index contributed by atoms with van der Waals surface area (Å²) in [6, 6.07) is 35.5. The number of hydrogen-bond acceptors (Lipinski definition) is 2. The second-order valence-corrected chi connectivity index (χ2v) is 26.5. The first kappa shape index (κ1) is 39.9. The molecular formula is C64H73BN2. The maximum absolute atomic E-state index is 9.26. The molecule has 2 heterocycles. The van der Waals surface area contributed by atoms with Gasteiger partial charge in [-0.15, -0.1) is 0 Å². The van der Waals surface area contributed by atoms with Crippen LogP contribution in [-0.4, -0.2) is 6.71 Å². The maximum Gasteiger partial charge on any atom is 0.252 e. The minimum atomic E-state index is -2.36. The van der Waals surface area contributed by atoms with Crippen molar-refractivity contribution in [1.29, 1.82) is 0 Å². The van der Waals surface area contributed by atoms with Crippen molar-refractivity contribution < 1.29 is 4.11 Å². The predicted molar refractivity (Wildman–Crippen MR) is 289 cm³/mol. The highest BCUT2D eigenvalue weighted by atomic mass is 15.2. The molecule has 0 saturated heterocycles. The molecule has 0 radical (unpaired) electrons. The Morgan fingerprint density at radius 3 is 1.46 bits per heavy atom. The SMILES string of the molecule is [2H]C([2H])([2H])c1cc2c3c(c1)N(c1cc4c(cc1C)C(C)(C)CC4(C)C)c1cc4c(cc1B3c1cc3c(cc1N2c1ccc2c(c1)-c1ccccc1C2(C)C)C(C)(C)CCC3(C)C)C(C)(C)CCC4(C)C. The maximum atomic E-state index is 9.26. The minimum Gasteiger partial charge on any atom is -0.311 e. The van der Waals surface area contributed by atoms with Crippen molar-refractivity contribution in [3.8, 4) is 11.1 Å². The Balaban J connectivity index is 1.24. The Morgan fingerprint density at radius 2 is 0.896 bits per heavy atom. The second kappa shape index (κ2) is 13.2. The van der Waals surface area contributed by atoms with Gasteiger partial charge in [-0.2, -0.15) is 0 Å². The van der Waals surface area contributed by atoms with Crippen molar-refractivity contribution in [2.45, 2.75) is 181 Å². The van der Waals surface area contributed by atoms with Gasteiger partial charge >= 0.3 is 0 Å². The van der Waals surface area contributed by atoms with E-state index in [1.54, 1.807) is 0 Å². The van der Waals surface area contributed by atoms with E-state index in [-0.39, 0.29) is 44.6 Å². The normalized spacial score (nSPS) is 22.4. The zero-order valence-electron chi connectivity index (χ0n) is 46.2. The topological polar surface area (TPSA) is 6.48 Å². The Hall–Kier alpha value is -5.02. The predicted octanol–water partition coefficient (Wildman–Crippen LogP) is 15.3. The van der Waals surface area contributed by atoms with Gasteiger partial charge in [0.2, 0.25) is 0 Å². The molecule has 0 atom stereocenters. The van der Waals surface area contributed by atoms with E-state index in [1.807, 2.05) is 0 Å². The van der Waals surface area contributed by atoms with Crippen molar-refractivity contribution >= 4 is 57.2 Å². The quantitative estimate of drug-likeness (QED) is 0.160. The lowest BCUT2D eigenvalue weighted by molar-refractivity contribution is 0.332. The monoisotopic (exact) mass is 884 g/mol. The summed E-state index contributed by atoms with van der Waals surface area (Å²) in [7, 11) is 0. The van der Waals surface area contributed by atoms with Crippen LogP contribution in [0.5, 0.6) is 0 Å². The van der Waals surface area contributed by atoms with Crippen molar-refractivity contribution in [3.63, 3.8) is 0 Å². The molecule has 3 heteroatoms. The van der Waals surface area contributed by atoms with E-state index < -0.39 is 6.85 Å². The zero-order chi connectivity index (χ0) is 50.0. The first-order chi connectivity index (χ1) is 32.4. The summed E-state index contributed by atoms with van der Waals surface area (Å²) in [5, 5.41) is 0. The van der Waals surface area contributed by atoms with Crippen LogP contribution in [0.2, 0.25) is 0 Å². The Morgan fingerprint density at radius 1 is 0.433 bits per heavy atom. The fourth-order valence-electron chi connectivity index (χ4n) is 14.9. The lowest BCUT2D eigenvalue weighted by Crippen LogP contribution is -2.62. The molecule has 67 heavy (non-hydrogen) atoms. The van der Waals surface area contributed by atoms with Gasteiger partial charge in [0.05, 0.1) is 0 Å². The van der Waals surface area contributed by atoms with Crippen LogP contribution >= 0.6 is 0 Å². The molecular weight excluding hydrogens is 808 g/mol. The molecule has 0 saturated carbocycles. The molecule has 0 spiro atoms. The van der Waals surface area contributed by atoms with Gasteiger partial charge in [0, 0.05) is 43.7 Å². The molecule has 0 aromatic heterocycles. The van der Waals surface area contributed by atoms with Gasteiger partial charge in [0.15, 0.2) is 0 Å². The van der Waals surface area contributed by atoms with E-state index in [9.17, 15) is 4.11 Å². The molecule has 0 fully saturated rings. The molecule has 0 amide bonds. The van der Waals surface area contributed by atoms with Crippen LogP contribution in [0.3, 0.4) is 0 Å². The average molecular weight is 884 g/mol. The highest BCUT2D eigenvalue weighted by Crippen LogP contribution is 2.57. The third-order valence-electron chi connectivity index (χ3n) is 18.8. The lowest BCUT2D eigenvalue weighted by Gasteiger charge is -2.49. The molecule has 2 aliphatic heterocycles. The van der Waals surface area contributed by atoms with Crippen molar-refractivity contribution in [2.75, 3.05) is 9.80 Å². The zero-order valence-corrected chi connectivity index (χ0v) is 43.2. The molecule has 0 bridgehead atoms. The fraction of sp³-hybridized carbons (Fsp3) is 0.438. The summed E-state index contributed by atoms with van der Waals surface area (Å²) in [5.41, 5.74) is 25.4. The van der Waals surface area contributed by atoms with Crippen molar-refractivity contribution in [2.24, 2.45) is 0 Å². The number of fused-ring (bicyclic) bond motifs is 10.